The zero-order valence-corrected chi connectivity index (χ0v) is 27.1. The van der Waals surface area contributed by atoms with E-state index in [2.05, 4.69) is 105 Å². The van der Waals surface area contributed by atoms with Gasteiger partial charge in [-0.3, -0.25) is 0 Å². The van der Waals surface area contributed by atoms with Gasteiger partial charge in [0.1, 0.15) is 0 Å². The van der Waals surface area contributed by atoms with Gasteiger partial charge in [-0.1, -0.05) is 78.0 Å². The summed E-state index contributed by atoms with van der Waals surface area (Å²) in [5, 5.41) is 11.4. The lowest BCUT2D eigenvalue weighted by Crippen LogP contribution is -2.45. The van der Waals surface area contributed by atoms with E-state index in [1.807, 2.05) is 6.08 Å². The lowest BCUT2D eigenvalue weighted by atomic mass is 9.86. The van der Waals surface area contributed by atoms with E-state index in [9.17, 15) is 5.11 Å². The smallest absolute Gasteiger partial charge is 0.192 e. The number of aryl methyl sites for hydroxylation is 1. The van der Waals surface area contributed by atoms with Crippen LogP contribution in [0, 0.1) is 11.8 Å². The van der Waals surface area contributed by atoms with E-state index in [0.29, 0.717) is 5.92 Å². The predicted octanol–water partition coefficient (Wildman–Crippen LogP) is 8.75. The molecule has 3 nitrogen and oxygen atoms in total. The van der Waals surface area contributed by atoms with Crippen molar-refractivity contribution in [3.63, 3.8) is 0 Å². The Labute approximate surface area is 225 Å². The summed E-state index contributed by atoms with van der Waals surface area (Å²) in [6, 6.07) is 10.8. The minimum Gasteiger partial charge on any atom is -0.414 e. The van der Waals surface area contributed by atoms with Gasteiger partial charge in [0.05, 0.1) is 12.2 Å². The molecule has 1 unspecified atom stereocenters. The van der Waals surface area contributed by atoms with E-state index in [1.165, 1.54) is 5.56 Å². The third-order valence-electron chi connectivity index (χ3n) is 9.37. The second-order valence-electron chi connectivity index (χ2n) is 14.2. The van der Waals surface area contributed by atoms with Gasteiger partial charge in [-0.05, 0) is 92.2 Å². The molecular weight excluding hydrogens is 477 g/mol. The molecule has 0 aliphatic heterocycles. The first-order valence-corrected chi connectivity index (χ1v) is 20.0. The number of hydrogen-bond donors (Lipinski definition) is 1. The Balaban J connectivity index is 2.22. The van der Waals surface area contributed by atoms with E-state index in [1.54, 1.807) is 0 Å². The fraction of sp³-hybridized carbons (Fsp3) is 0.742. The molecule has 0 radical (unpaired) electrons. The van der Waals surface area contributed by atoms with Crippen molar-refractivity contribution in [2.24, 2.45) is 11.8 Å². The number of rotatable bonds is 12. The first kappa shape index (κ1) is 31.5. The summed E-state index contributed by atoms with van der Waals surface area (Å²) in [4.78, 5) is 0. The number of aliphatic hydroxyl groups excluding tert-OH is 1. The fourth-order valence-electron chi connectivity index (χ4n) is 4.97. The molecule has 5 atom stereocenters. The van der Waals surface area contributed by atoms with Crippen LogP contribution in [0.4, 0.5) is 0 Å². The van der Waals surface area contributed by atoms with Crippen LogP contribution in [0.1, 0.15) is 79.2 Å². The average Bonchev–Trinajstić information content (AvgIpc) is 3.02. The van der Waals surface area contributed by atoms with Crippen LogP contribution in [-0.4, -0.2) is 40.1 Å². The van der Waals surface area contributed by atoms with Crippen LogP contribution < -0.4 is 0 Å². The standard InChI is InChI=1S/C31H56O3Si2/c1-12-16-26-27(29(23-28(26)32)34-36(10,11)31(5,6)7)22-21-25(33-35(8,9)30(2,3)4)20-19-24-17-14-13-15-18-24/h12-15,17-18,25-29,32H,1,16,19-23H2,2-11H3/t25-,26+,27+,28+,29?/m0/s1. The van der Waals surface area contributed by atoms with E-state index >= 15 is 0 Å². The number of allylic oxidation sites excluding steroid dienone is 1. The van der Waals surface area contributed by atoms with Gasteiger partial charge in [-0.15, -0.1) is 6.58 Å². The Morgan fingerprint density at radius 2 is 1.53 bits per heavy atom. The molecule has 1 aliphatic carbocycles. The highest BCUT2D eigenvalue weighted by atomic mass is 28.4. The van der Waals surface area contributed by atoms with Crippen LogP contribution >= 0.6 is 0 Å². The molecular formula is C31H56O3Si2. The van der Waals surface area contributed by atoms with Gasteiger partial charge in [0, 0.05) is 6.10 Å². The maximum Gasteiger partial charge on any atom is 0.192 e. The Morgan fingerprint density at radius 1 is 0.944 bits per heavy atom. The minimum absolute atomic E-state index is 0.119. The highest BCUT2D eigenvalue weighted by Gasteiger charge is 2.47. The molecule has 1 fully saturated rings. The van der Waals surface area contributed by atoms with Gasteiger partial charge in [0.2, 0.25) is 0 Å². The van der Waals surface area contributed by atoms with Gasteiger partial charge < -0.3 is 14.0 Å². The molecule has 1 aromatic carbocycles. The van der Waals surface area contributed by atoms with Crippen LogP contribution in [0.25, 0.3) is 0 Å². The third kappa shape index (κ3) is 8.39. The summed E-state index contributed by atoms with van der Waals surface area (Å²) in [5.74, 6) is 0.564. The largest absolute Gasteiger partial charge is 0.414 e. The van der Waals surface area contributed by atoms with Crippen LogP contribution in [0.15, 0.2) is 43.0 Å². The molecule has 1 N–H and O–H groups in total. The number of aliphatic hydroxyl groups is 1. The topological polar surface area (TPSA) is 38.7 Å². The van der Waals surface area contributed by atoms with Crippen molar-refractivity contribution in [1.82, 2.24) is 0 Å². The van der Waals surface area contributed by atoms with Crippen molar-refractivity contribution in [2.75, 3.05) is 0 Å². The quantitative estimate of drug-likeness (QED) is 0.216. The molecule has 0 saturated heterocycles. The van der Waals surface area contributed by atoms with E-state index in [0.717, 1.165) is 38.5 Å². The van der Waals surface area contributed by atoms with Gasteiger partial charge in [-0.2, -0.15) is 0 Å². The summed E-state index contributed by atoms with van der Waals surface area (Å²) >= 11 is 0. The first-order chi connectivity index (χ1) is 16.5. The summed E-state index contributed by atoms with van der Waals surface area (Å²) < 4.78 is 14.0. The van der Waals surface area contributed by atoms with Crippen molar-refractivity contribution in [1.29, 1.82) is 0 Å². The Hall–Kier alpha value is -0.726. The third-order valence-corrected chi connectivity index (χ3v) is 18.4. The molecule has 0 aromatic heterocycles. The second kappa shape index (κ2) is 12.4. The summed E-state index contributed by atoms with van der Waals surface area (Å²) in [6.45, 7) is 27.3. The zero-order chi connectivity index (χ0) is 27.4. The molecule has 0 heterocycles. The molecule has 1 aromatic rings. The predicted molar refractivity (Wildman–Crippen MR) is 161 cm³/mol. The molecule has 0 spiro atoms. The molecule has 5 heteroatoms. The summed E-state index contributed by atoms with van der Waals surface area (Å²) in [5.41, 5.74) is 1.38. The fourth-order valence-corrected chi connectivity index (χ4v) is 7.77. The lowest BCUT2D eigenvalue weighted by molar-refractivity contribution is 0.0927. The number of benzene rings is 1. The Kier molecular flexibility index (Phi) is 10.9. The maximum absolute atomic E-state index is 11.0. The Morgan fingerprint density at radius 3 is 2.06 bits per heavy atom. The lowest BCUT2D eigenvalue weighted by Gasteiger charge is -2.41. The molecule has 2 rings (SSSR count). The van der Waals surface area contributed by atoms with Crippen molar-refractivity contribution in [3.8, 4) is 0 Å². The van der Waals surface area contributed by atoms with Crippen molar-refractivity contribution in [3.05, 3.63) is 48.6 Å². The molecule has 1 aliphatic rings. The van der Waals surface area contributed by atoms with Crippen LogP contribution in [0.5, 0.6) is 0 Å². The Bertz CT molecular complexity index is 807. The van der Waals surface area contributed by atoms with Crippen LogP contribution in [0.3, 0.4) is 0 Å². The van der Waals surface area contributed by atoms with Crippen molar-refractivity contribution in [2.45, 2.75) is 135 Å². The van der Waals surface area contributed by atoms with Crippen molar-refractivity contribution < 1.29 is 14.0 Å². The SMILES string of the molecule is C=CC[C@H]1[C@H](O)CC(O[Si](C)(C)C(C)(C)C)[C@@H]1CC[C@H](CCc1ccccc1)O[Si](C)(C)C(C)(C)C. The van der Waals surface area contributed by atoms with Gasteiger partial charge >= 0.3 is 0 Å². The highest BCUT2D eigenvalue weighted by Crippen LogP contribution is 2.46. The highest BCUT2D eigenvalue weighted by molar-refractivity contribution is 6.74. The summed E-state index contributed by atoms with van der Waals surface area (Å²) in [7, 11) is -3.83. The maximum atomic E-state index is 11.0. The molecule has 36 heavy (non-hydrogen) atoms. The second-order valence-corrected chi connectivity index (χ2v) is 23.7. The number of hydrogen-bond acceptors (Lipinski definition) is 3. The average molecular weight is 533 g/mol. The monoisotopic (exact) mass is 532 g/mol. The molecule has 1 saturated carbocycles. The zero-order valence-electron chi connectivity index (χ0n) is 25.1. The van der Waals surface area contributed by atoms with Crippen LogP contribution in [-0.2, 0) is 15.3 Å². The summed E-state index contributed by atoms with van der Waals surface area (Å²) in [6.07, 6.45) is 7.72. The van der Waals surface area contributed by atoms with E-state index in [-0.39, 0.29) is 34.3 Å². The molecule has 206 valence electrons. The van der Waals surface area contributed by atoms with Crippen LogP contribution in [0.2, 0.25) is 36.3 Å². The van der Waals surface area contributed by atoms with Gasteiger partial charge in [0.25, 0.3) is 0 Å². The molecule has 0 amide bonds. The van der Waals surface area contributed by atoms with Crippen molar-refractivity contribution >= 4 is 16.6 Å². The molecule has 0 bridgehead atoms. The van der Waals surface area contributed by atoms with Gasteiger partial charge in [0.15, 0.2) is 16.6 Å². The van der Waals surface area contributed by atoms with E-state index < -0.39 is 16.6 Å². The van der Waals surface area contributed by atoms with Gasteiger partial charge in [-0.25, -0.2) is 0 Å². The first-order valence-electron chi connectivity index (χ1n) is 14.2. The normalized spacial score (nSPS) is 24.6. The minimum atomic E-state index is -1.93. The van der Waals surface area contributed by atoms with E-state index in [4.69, 9.17) is 8.85 Å².